The van der Waals surface area contributed by atoms with E-state index in [1.807, 2.05) is 0 Å². The third-order valence-corrected chi connectivity index (χ3v) is 5.25. The second-order valence-corrected chi connectivity index (χ2v) is 7.42. The Morgan fingerprint density at radius 1 is 1.10 bits per heavy atom. The molecule has 2 aromatic rings. The molecule has 2 aromatic carbocycles. The van der Waals surface area contributed by atoms with Gasteiger partial charge in [-0.25, -0.2) is 12.8 Å². The molecule has 112 valence electrons. The lowest BCUT2D eigenvalue weighted by molar-refractivity contribution is 0.411. The van der Waals surface area contributed by atoms with Crippen molar-refractivity contribution in [1.29, 1.82) is 0 Å². The monoisotopic (exact) mass is 437 g/mol. The lowest BCUT2D eigenvalue weighted by atomic mass is 10.3. The van der Waals surface area contributed by atoms with Gasteiger partial charge in [0.05, 0.1) is 22.2 Å². The number of hydrogen-bond acceptors (Lipinski definition) is 3. The maximum Gasteiger partial charge on any atom is 0.261 e. The van der Waals surface area contributed by atoms with E-state index in [1.165, 1.54) is 37.4 Å². The van der Waals surface area contributed by atoms with Crippen LogP contribution in [-0.2, 0) is 10.0 Å². The third kappa shape index (κ3) is 3.75. The number of anilines is 1. The number of nitrogens with one attached hydrogen (secondary N) is 1. The zero-order chi connectivity index (χ0) is 15.6. The van der Waals surface area contributed by atoms with E-state index in [2.05, 4.69) is 36.6 Å². The van der Waals surface area contributed by atoms with Gasteiger partial charge >= 0.3 is 0 Å². The average molecular weight is 439 g/mol. The molecule has 0 radical (unpaired) electrons. The molecule has 8 heteroatoms. The first kappa shape index (κ1) is 16.3. The van der Waals surface area contributed by atoms with Crippen LogP contribution in [0, 0.1) is 5.82 Å². The summed E-state index contributed by atoms with van der Waals surface area (Å²) in [6, 6.07) is 8.09. The average Bonchev–Trinajstić information content (AvgIpc) is 2.42. The molecule has 0 aliphatic heterocycles. The van der Waals surface area contributed by atoms with E-state index in [4.69, 9.17) is 4.74 Å². The second kappa shape index (κ2) is 6.33. The lowest BCUT2D eigenvalue weighted by Gasteiger charge is -2.11. The molecule has 0 aromatic heterocycles. The summed E-state index contributed by atoms with van der Waals surface area (Å²) in [6.45, 7) is 0. The van der Waals surface area contributed by atoms with Crippen LogP contribution in [0.4, 0.5) is 10.1 Å². The summed E-state index contributed by atoms with van der Waals surface area (Å²) < 4.78 is 45.9. The standard InChI is InChI=1S/C13H10Br2FNO3S/c1-20-13-5-3-9(7-11(13)15)21(18,19)17-12-4-2-8(16)6-10(12)14/h2-7,17H,1H3. The van der Waals surface area contributed by atoms with Gasteiger partial charge in [-0.1, -0.05) is 0 Å². The molecule has 0 unspecified atom stereocenters. The molecule has 0 aliphatic rings. The smallest absolute Gasteiger partial charge is 0.261 e. The molecule has 2 rings (SSSR count). The van der Waals surface area contributed by atoms with E-state index >= 15 is 0 Å². The predicted molar refractivity (Wildman–Crippen MR) is 85.6 cm³/mol. The Morgan fingerprint density at radius 3 is 2.38 bits per heavy atom. The van der Waals surface area contributed by atoms with E-state index in [1.54, 1.807) is 6.07 Å². The molecule has 0 bridgehead atoms. The molecule has 0 spiro atoms. The van der Waals surface area contributed by atoms with Gasteiger partial charge in [0.1, 0.15) is 11.6 Å². The Hall–Kier alpha value is -1.12. The first-order chi connectivity index (χ1) is 9.83. The maximum atomic E-state index is 13.0. The topological polar surface area (TPSA) is 55.4 Å². The van der Waals surface area contributed by atoms with Gasteiger partial charge in [0.15, 0.2) is 0 Å². The molecule has 0 saturated carbocycles. The quantitative estimate of drug-likeness (QED) is 0.779. The van der Waals surface area contributed by atoms with Gasteiger partial charge in [-0.3, -0.25) is 4.72 Å². The lowest BCUT2D eigenvalue weighted by Crippen LogP contribution is -2.13. The molecule has 1 N–H and O–H groups in total. The van der Waals surface area contributed by atoms with Crippen LogP contribution in [0.1, 0.15) is 0 Å². The molecule has 21 heavy (non-hydrogen) atoms. The summed E-state index contributed by atoms with van der Waals surface area (Å²) in [6.07, 6.45) is 0. The molecular weight excluding hydrogens is 429 g/mol. The normalized spacial score (nSPS) is 11.2. The fraction of sp³-hybridized carbons (Fsp3) is 0.0769. The van der Waals surface area contributed by atoms with Crippen LogP contribution in [0.25, 0.3) is 0 Å². The van der Waals surface area contributed by atoms with Gasteiger partial charge in [-0.2, -0.15) is 0 Å². The minimum absolute atomic E-state index is 0.0615. The minimum atomic E-state index is -3.78. The molecule has 0 heterocycles. The summed E-state index contributed by atoms with van der Waals surface area (Å²) in [7, 11) is -2.30. The van der Waals surface area contributed by atoms with Crippen molar-refractivity contribution in [1.82, 2.24) is 0 Å². The molecule has 0 amide bonds. The van der Waals surface area contributed by atoms with Gasteiger partial charge < -0.3 is 4.74 Å². The van der Waals surface area contributed by atoms with Crippen molar-refractivity contribution >= 4 is 47.6 Å². The van der Waals surface area contributed by atoms with Crippen LogP contribution in [0.3, 0.4) is 0 Å². The van der Waals surface area contributed by atoms with E-state index in [0.29, 0.717) is 14.7 Å². The largest absolute Gasteiger partial charge is 0.496 e. The second-order valence-electron chi connectivity index (χ2n) is 4.03. The van der Waals surface area contributed by atoms with Gasteiger partial charge in [0.2, 0.25) is 0 Å². The Kier molecular flexibility index (Phi) is 4.90. The Bertz CT molecular complexity index is 781. The zero-order valence-electron chi connectivity index (χ0n) is 10.7. The third-order valence-electron chi connectivity index (χ3n) is 2.61. The molecular formula is C13H10Br2FNO3S. The number of rotatable bonds is 4. The summed E-state index contributed by atoms with van der Waals surface area (Å²) in [5.74, 6) is 0.0638. The summed E-state index contributed by atoms with van der Waals surface area (Å²) in [5.41, 5.74) is 0.253. The van der Waals surface area contributed by atoms with Crippen LogP contribution in [-0.4, -0.2) is 15.5 Å². The number of halogens is 3. The minimum Gasteiger partial charge on any atom is -0.496 e. The SMILES string of the molecule is COc1ccc(S(=O)(=O)Nc2ccc(F)cc2Br)cc1Br. The van der Waals surface area contributed by atoms with Crippen molar-refractivity contribution < 1.29 is 17.5 Å². The van der Waals surface area contributed by atoms with Crippen molar-refractivity contribution in [2.45, 2.75) is 4.90 Å². The van der Waals surface area contributed by atoms with Gasteiger partial charge in [0.25, 0.3) is 10.0 Å². The van der Waals surface area contributed by atoms with E-state index in [9.17, 15) is 12.8 Å². The Balaban J connectivity index is 2.36. The van der Waals surface area contributed by atoms with Crippen LogP contribution in [0.5, 0.6) is 5.75 Å². The van der Waals surface area contributed by atoms with Crippen molar-refractivity contribution in [3.63, 3.8) is 0 Å². The highest BCUT2D eigenvalue weighted by Gasteiger charge is 2.17. The summed E-state index contributed by atoms with van der Waals surface area (Å²) in [5, 5.41) is 0. The highest BCUT2D eigenvalue weighted by Crippen LogP contribution is 2.30. The highest BCUT2D eigenvalue weighted by molar-refractivity contribution is 9.11. The number of sulfonamides is 1. The van der Waals surface area contributed by atoms with E-state index in [-0.39, 0.29) is 10.6 Å². The van der Waals surface area contributed by atoms with Crippen molar-refractivity contribution in [3.05, 3.63) is 51.2 Å². The van der Waals surface area contributed by atoms with Gasteiger partial charge in [0, 0.05) is 4.47 Å². The Morgan fingerprint density at radius 2 is 1.81 bits per heavy atom. The predicted octanol–water partition coefficient (Wildman–Crippen LogP) is 4.16. The molecule has 0 aliphatic carbocycles. The number of benzene rings is 2. The van der Waals surface area contributed by atoms with Crippen molar-refractivity contribution in [2.75, 3.05) is 11.8 Å². The summed E-state index contributed by atoms with van der Waals surface area (Å²) in [4.78, 5) is 0.0615. The van der Waals surface area contributed by atoms with Crippen molar-refractivity contribution in [2.24, 2.45) is 0 Å². The van der Waals surface area contributed by atoms with Crippen LogP contribution >= 0.6 is 31.9 Å². The molecule has 4 nitrogen and oxygen atoms in total. The van der Waals surface area contributed by atoms with Crippen LogP contribution in [0.2, 0.25) is 0 Å². The van der Waals surface area contributed by atoms with E-state index in [0.717, 1.165) is 0 Å². The fourth-order valence-corrected chi connectivity index (χ4v) is 3.97. The molecule has 0 fully saturated rings. The maximum absolute atomic E-state index is 13.0. The molecule has 0 saturated heterocycles. The van der Waals surface area contributed by atoms with Gasteiger partial charge in [-0.05, 0) is 68.3 Å². The van der Waals surface area contributed by atoms with Crippen LogP contribution in [0.15, 0.2) is 50.2 Å². The number of hydrogen-bond donors (Lipinski definition) is 1. The Labute approximate surface area is 138 Å². The number of methoxy groups -OCH3 is 1. The fourth-order valence-electron chi connectivity index (χ4n) is 1.59. The van der Waals surface area contributed by atoms with Gasteiger partial charge in [-0.15, -0.1) is 0 Å². The number of ether oxygens (including phenoxy) is 1. The zero-order valence-corrected chi connectivity index (χ0v) is 14.7. The van der Waals surface area contributed by atoms with E-state index < -0.39 is 15.8 Å². The highest BCUT2D eigenvalue weighted by atomic mass is 79.9. The first-order valence-electron chi connectivity index (χ1n) is 5.65. The van der Waals surface area contributed by atoms with Crippen LogP contribution < -0.4 is 9.46 Å². The van der Waals surface area contributed by atoms with Crippen molar-refractivity contribution in [3.8, 4) is 5.75 Å². The summed E-state index contributed by atoms with van der Waals surface area (Å²) >= 11 is 6.35. The first-order valence-corrected chi connectivity index (χ1v) is 8.72. The molecule has 0 atom stereocenters.